The zero-order valence-corrected chi connectivity index (χ0v) is 6.04. The Labute approximate surface area is 56.5 Å². The standard InChI is InChI=1S/C7H14N2/c1-3-5-9-6-7(8)4-2/h3,5-7H,4,8H2,1-2H3/b5-3-,9-6-. The van der Waals surface area contributed by atoms with Crippen LogP contribution in [0, 0.1) is 0 Å². The molecule has 0 aliphatic carbocycles. The fraction of sp³-hybridized carbons (Fsp3) is 0.571. The van der Waals surface area contributed by atoms with Gasteiger partial charge in [0.15, 0.2) is 0 Å². The number of rotatable bonds is 3. The molecule has 2 N–H and O–H groups in total. The average molecular weight is 126 g/mol. The van der Waals surface area contributed by atoms with Gasteiger partial charge in [-0.25, -0.2) is 0 Å². The Morgan fingerprint density at radius 3 is 2.78 bits per heavy atom. The minimum Gasteiger partial charge on any atom is -0.323 e. The van der Waals surface area contributed by atoms with Gasteiger partial charge in [-0.3, -0.25) is 4.99 Å². The third-order valence-corrected chi connectivity index (χ3v) is 0.984. The molecule has 0 spiro atoms. The normalized spacial score (nSPS) is 15.4. The van der Waals surface area contributed by atoms with Crippen LogP contribution in [-0.2, 0) is 0 Å². The molecule has 0 fully saturated rings. The van der Waals surface area contributed by atoms with Crippen molar-refractivity contribution in [2.45, 2.75) is 26.3 Å². The van der Waals surface area contributed by atoms with Gasteiger partial charge >= 0.3 is 0 Å². The van der Waals surface area contributed by atoms with Crippen LogP contribution in [0.15, 0.2) is 17.3 Å². The molecule has 0 radical (unpaired) electrons. The van der Waals surface area contributed by atoms with Crippen molar-refractivity contribution in [1.29, 1.82) is 0 Å². The van der Waals surface area contributed by atoms with Gasteiger partial charge in [0.25, 0.3) is 0 Å². The van der Waals surface area contributed by atoms with Crippen LogP contribution in [0.1, 0.15) is 20.3 Å². The Morgan fingerprint density at radius 1 is 1.67 bits per heavy atom. The molecular formula is C7H14N2. The summed E-state index contributed by atoms with van der Waals surface area (Å²) in [7, 11) is 0. The maximum atomic E-state index is 5.53. The number of hydrogen-bond donors (Lipinski definition) is 1. The molecular weight excluding hydrogens is 112 g/mol. The molecule has 0 aromatic rings. The summed E-state index contributed by atoms with van der Waals surface area (Å²) in [5.41, 5.74) is 5.53. The lowest BCUT2D eigenvalue weighted by Gasteiger charge is -1.95. The van der Waals surface area contributed by atoms with Crippen molar-refractivity contribution < 1.29 is 0 Å². The SMILES string of the molecule is C/C=C\N=C/C(N)CC. The van der Waals surface area contributed by atoms with Crippen LogP contribution in [0.4, 0.5) is 0 Å². The predicted molar refractivity (Wildman–Crippen MR) is 41.6 cm³/mol. The molecule has 0 aromatic heterocycles. The summed E-state index contributed by atoms with van der Waals surface area (Å²) in [6.07, 6.45) is 6.30. The summed E-state index contributed by atoms with van der Waals surface area (Å²) in [6.45, 7) is 3.96. The summed E-state index contributed by atoms with van der Waals surface area (Å²) in [4.78, 5) is 3.93. The minimum absolute atomic E-state index is 0.112. The third-order valence-electron chi connectivity index (χ3n) is 0.984. The zero-order valence-electron chi connectivity index (χ0n) is 6.04. The first-order valence-corrected chi connectivity index (χ1v) is 3.21. The molecule has 9 heavy (non-hydrogen) atoms. The van der Waals surface area contributed by atoms with Crippen molar-refractivity contribution in [3.63, 3.8) is 0 Å². The molecule has 0 aliphatic rings. The van der Waals surface area contributed by atoms with Crippen LogP contribution in [0.3, 0.4) is 0 Å². The molecule has 2 nitrogen and oxygen atoms in total. The summed E-state index contributed by atoms with van der Waals surface area (Å²) in [6, 6.07) is 0.112. The van der Waals surface area contributed by atoms with Crippen molar-refractivity contribution in [2.75, 3.05) is 0 Å². The number of nitrogens with two attached hydrogens (primary N) is 1. The van der Waals surface area contributed by atoms with Gasteiger partial charge in [-0.1, -0.05) is 13.0 Å². The lowest BCUT2D eigenvalue weighted by Crippen LogP contribution is -2.19. The minimum atomic E-state index is 0.112. The molecule has 0 saturated carbocycles. The highest BCUT2D eigenvalue weighted by Gasteiger charge is 1.88. The van der Waals surface area contributed by atoms with Crippen LogP contribution in [-0.4, -0.2) is 12.3 Å². The van der Waals surface area contributed by atoms with Crippen LogP contribution >= 0.6 is 0 Å². The first kappa shape index (κ1) is 8.37. The fourth-order valence-corrected chi connectivity index (χ4v) is 0.352. The molecule has 2 heteroatoms. The monoisotopic (exact) mass is 126 g/mol. The largest absolute Gasteiger partial charge is 0.323 e. The number of allylic oxidation sites excluding steroid dienone is 1. The number of hydrogen-bond acceptors (Lipinski definition) is 2. The van der Waals surface area contributed by atoms with Crippen LogP contribution in [0.2, 0.25) is 0 Å². The quantitative estimate of drug-likeness (QED) is 0.569. The molecule has 0 rings (SSSR count). The lowest BCUT2D eigenvalue weighted by molar-refractivity contribution is 0.833. The van der Waals surface area contributed by atoms with E-state index in [1.165, 1.54) is 0 Å². The third kappa shape index (κ3) is 5.24. The topological polar surface area (TPSA) is 38.4 Å². The second-order valence-corrected chi connectivity index (χ2v) is 1.85. The number of aliphatic imine (C=N–C) groups is 1. The van der Waals surface area contributed by atoms with E-state index in [0.29, 0.717) is 0 Å². The van der Waals surface area contributed by atoms with E-state index in [2.05, 4.69) is 4.99 Å². The molecule has 0 aliphatic heterocycles. The molecule has 0 aromatic carbocycles. The Morgan fingerprint density at radius 2 is 2.33 bits per heavy atom. The van der Waals surface area contributed by atoms with Crippen molar-refractivity contribution in [3.8, 4) is 0 Å². The summed E-state index contributed by atoms with van der Waals surface area (Å²) < 4.78 is 0. The highest BCUT2D eigenvalue weighted by molar-refractivity contribution is 5.64. The van der Waals surface area contributed by atoms with Gasteiger partial charge in [0.2, 0.25) is 0 Å². The second kappa shape index (κ2) is 5.51. The van der Waals surface area contributed by atoms with Crippen LogP contribution in [0.5, 0.6) is 0 Å². The summed E-state index contributed by atoms with van der Waals surface area (Å²) >= 11 is 0. The van der Waals surface area contributed by atoms with Gasteiger partial charge in [-0.15, -0.1) is 0 Å². The van der Waals surface area contributed by atoms with Gasteiger partial charge in [0.1, 0.15) is 0 Å². The summed E-state index contributed by atoms with van der Waals surface area (Å²) in [5, 5.41) is 0. The van der Waals surface area contributed by atoms with E-state index in [9.17, 15) is 0 Å². The molecule has 0 bridgehead atoms. The Balaban J connectivity index is 3.43. The predicted octanol–water partition coefficient (Wildman–Crippen LogP) is 1.33. The lowest BCUT2D eigenvalue weighted by atomic mass is 10.3. The highest BCUT2D eigenvalue weighted by Crippen LogP contribution is 1.81. The van der Waals surface area contributed by atoms with Crippen molar-refractivity contribution in [3.05, 3.63) is 12.3 Å². The smallest absolute Gasteiger partial charge is 0.0396 e. The molecule has 52 valence electrons. The average Bonchev–Trinajstić information content (AvgIpc) is 1.89. The van der Waals surface area contributed by atoms with Gasteiger partial charge in [-0.05, 0) is 13.3 Å². The molecule has 0 amide bonds. The van der Waals surface area contributed by atoms with E-state index in [4.69, 9.17) is 5.73 Å². The van der Waals surface area contributed by atoms with Gasteiger partial charge in [-0.2, -0.15) is 0 Å². The fourth-order valence-electron chi connectivity index (χ4n) is 0.352. The molecule has 0 saturated heterocycles. The first-order valence-electron chi connectivity index (χ1n) is 3.21. The van der Waals surface area contributed by atoms with E-state index in [-0.39, 0.29) is 6.04 Å². The molecule has 0 heterocycles. The molecule has 1 atom stereocenters. The van der Waals surface area contributed by atoms with Crippen molar-refractivity contribution in [1.82, 2.24) is 0 Å². The van der Waals surface area contributed by atoms with Crippen molar-refractivity contribution in [2.24, 2.45) is 10.7 Å². The Bertz CT molecular complexity index is 105. The van der Waals surface area contributed by atoms with E-state index < -0.39 is 0 Å². The molecule has 1 unspecified atom stereocenters. The number of nitrogens with zero attached hydrogens (tertiary/aromatic N) is 1. The Kier molecular flexibility index (Phi) is 5.12. The second-order valence-electron chi connectivity index (χ2n) is 1.85. The first-order chi connectivity index (χ1) is 4.31. The van der Waals surface area contributed by atoms with Gasteiger partial charge in [0.05, 0.1) is 0 Å². The van der Waals surface area contributed by atoms with E-state index >= 15 is 0 Å². The van der Waals surface area contributed by atoms with E-state index in [1.54, 1.807) is 12.4 Å². The van der Waals surface area contributed by atoms with Gasteiger partial charge in [0, 0.05) is 18.5 Å². The Hall–Kier alpha value is -0.630. The van der Waals surface area contributed by atoms with E-state index in [1.807, 2.05) is 19.9 Å². The van der Waals surface area contributed by atoms with Crippen LogP contribution < -0.4 is 5.73 Å². The highest BCUT2D eigenvalue weighted by atomic mass is 14.7. The van der Waals surface area contributed by atoms with Crippen LogP contribution in [0.25, 0.3) is 0 Å². The maximum Gasteiger partial charge on any atom is 0.0396 e. The summed E-state index contributed by atoms with van der Waals surface area (Å²) in [5.74, 6) is 0. The van der Waals surface area contributed by atoms with E-state index in [0.717, 1.165) is 6.42 Å². The van der Waals surface area contributed by atoms with Gasteiger partial charge < -0.3 is 5.73 Å². The van der Waals surface area contributed by atoms with Crippen molar-refractivity contribution >= 4 is 6.21 Å². The maximum absolute atomic E-state index is 5.53. The zero-order chi connectivity index (χ0) is 7.11.